The van der Waals surface area contributed by atoms with Crippen LogP contribution in [0, 0.1) is 26.2 Å². The highest BCUT2D eigenvalue weighted by Gasteiger charge is 2.36. The van der Waals surface area contributed by atoms with Crippen molar-refractivity contribution in [3.05, 3.63) is 82.2 Å². The molecule has 8 nitrogen and oxygen atoms in total. The number of aliphatic imine (C=N–C) groups is 1. The van der Waals surface area contributed by atoms with Gasteiger partial charge >= 0.3 is 0 Å². The van der Waals surface area contributed by atoms with Gasteiger partial charge in [-0.25, -0.2) is 0 Å². The Kier molecular flexibility index (Phi) is 6.01. The summed E-state index contributed by atoms with van der Waals surface area (Å²) in [4.78, 5) is 17.2. The average Bonchev–Trinajstić information content (AvgIpc) is 3.41. The Labute approximate surface area is 213 Å². The molecular weight excluding hydrogens is 474 g/mol. The molecule has 0 fully saturated rings. The fourth-order valence-electron chi connectivity index (χ4n) is 4.35. The lowest BCUT2D eigenvalue weighted by atomic mass is 10.1. The van der Waals surface area contributed by atoms with E-state index >= 15 is 0 Å². The van der Waals surface area contributed by atoms with Crippen molar-refractivity contribution in [3.63, 3.8) is 0 Å². The lowest BCUT2D eigenvalue weighted by Crippen LogP contribution is -2.35. The number of hydrazone groups is 1. The summed E-state index contributed by atoms with van der Waals surface area (Å²) < 4.78 is 13.0. The second kappa shape index (κ2) is 9.16. The Hall–Kier alpha value is -4.11. The van der Waals surface area contributed by atoms with E-state index in [9.17, 15) is 4.79 Å². The van der Waals surface area contributed by atoms with Crippen LogP contribution in [0.25, 0.3) is 11.8 Å². The second-order valence-corrected chi connectivity index (χ2v) is 9.40. The van der Waals surface area contributed by atoms with Gasteiger partial charge < -0.3 is 14.0 Å². The zero-order valence-corrected chi connectivity index (χ0v) is 21.4. The standard InChI is InChI=1S/C27H25N5O3S/c1-15-8-6-7-9-20(15)26-30-32-24(28)21(25(33)29-27(32)36-26)13-18-12-16(2)31(17(18)3)22-14-19(34-4)10-11-23(22)35-5/h6-14,28H,1-5H3/b21-13-,28-24?. The summed E-state index contributed by atoms with van der Waals surface area (Å²) in [6.07, 6.45) is 1.71. The van der Waals surface area contributed by atoms with Gasteiger partial charge in [0.1, 0.15) is 16.5 Å². The number of ether oxygens (including phenoxy) is 2. The van der Waals surface area contributed by atoms with Gasteiger partial charge in [0, 0.05) is 23.0 Å². The molecule has 0 unspecified atom stereocenters. The molecule has 0 spiro atoms. The number of aryl methyl sites for hydroxylation is 2. The number of nitrogens with zero attached hydrogens (tertiary/aromatic N) is 4. The lowest BCUT2D eigenvalue weighted by Gasteiger charge is -2.20. The van der Waals surface area contributed by atoms with Crippen LogP contribution in [-0.2, 0) is 4.79 Å². The quantitative estimate of drug-likeness (QED) is 0.494. The van der Waals surface area contributed by atoms with Crippen molar-refractivity contribution in [1.29, 1.82) is 5.41 Å². The van der Waals surface area contributed by atoms with Crippen LogP contribution in [0.5, 0.6) is 11.5 Å². The van der Waals surface area contributed by atoms with Gasteiger partial charge in [0.05, 0.1) is 25.5 Å². The summed E-state index contributed by atoms with van der Waals surface area (Å²) in [7, 11) is 3.25. The van der Waals surface area contributed by atoms with Gasteiger partial charge in [-0.15, -0.1) is 0 Å². The number of carbonyl (C=O) groups excluding carboxylic acids is 1. The number of carbonyl (C=O) groups is 1. The van der Waals surface area contributed by atoms with Crippen LogP contribution in [0.15, 0.2) is 64.2 Å². The first-order valence-corrected chi connectivity index (χ1v) is 12.1. The van der Waals surface area contributed by atoms with Crippen LogP contribution in [0.4, 0.5) is 0 Å². The van der Waals surface area contributed by atoms with E-state index in [4.69, 9.17) is 14.9 Å². The first-order chi connectivity index (χ1) is 17.3. The molecule has 9 heteroatoms. The van der Waals surface area contributed by atoms with E-state index in [0.29, 0.717) is 21.7 Å². The van der Waals surface area contributed by atoms with Crippen molar-refractivity contribution in [2.75, 3.05) is 14.2 Å². The fraction of sp³-hybridized carbons (Fsp3) is 0.185. The van der Waals surface area contributed by atoms with Crippen LogP contribution in [-0.4, -0.2) is 45.7 Å². The van der Waals surface area contributed by atoms with Crippen molar-refractivity contribution in [3.8, 4) is 17.2 Å². The molecule has 2 aromatic carbocycles. The van der Waals surface area contributed by atoms with Crippen molar-refractivity contribution in [2.24, 2.45) is 10.1 Å². The molecule has 2 aliphatic rings. The van der Waals surface area contributed by atoms with E-state index in [1.807, 2.05) is 73.9 Å². The highest BCUT2D eigenvalue weighted by atomic mass is 32.2. The Bertz CT molecular complexity index is 1520. The number of thioether (sulfide) groups is 1. The molecule has 2 aliphatic heterocycles. The van der Waals surface area contributed by atoms with E-state index < -0.39 is 5.91 Å². The van der Waals surface area contributed by atoms with E-state index in [-0.39, 0.29) is 11.4 Å². The van der Waals surface area contributed by atoms with E-state index in [1.54, 1.807) is 20.3 Å². The molecule has 182 valence electrons. The van der Waals surface area contributed by atoms with Crippen LogP contribution < -0.4 is 9.47 Å². The van der Waals surface area contributed by atoms with Crippen molar-refractivity contribution >= 4 is 39.8 Å². The number of rotatable bonds is 5. The minimum absolute atomic E-state index is 0.00449. The maximum Gasteiger partial charge on any atom is 0.283 e. The number of methoxy groups -OCH3 is 2. The first-order valence-electron chi connectivity index (χ1n) is 11.3. The molecule has 0 radical (unpaired) electrons. The number of fused-ring (bicyclic) bond motifs is 1. The van der Waals surface area contributed by atoms with Crippen molar-refractivity contribution in [2.45, 2.75) is 20.8 Å². The Morgan fingerprint density at radius 2 is 1.81 bits per heavy atom. The number of hydrogen-bond acceptors (Lipinski definition) is 6. The molecule has 5 rings (SSSR count). The van der Waals surface area contributed by atoms with Crippen LogP contribution in [0.3, 0.4) is 0 Å². The molecule has 0 bridgehead atoms. The third kappa shape index (κ3) is 3.91. The molecule has 0 aliphatic carbocycles. The van der Waals surface area contributed by atoms with Gasteiger partial charge in [0.15, 0.2) is 5.84 Å². The van der Waals surface area contributed by atoms with Gasteiger partial charge in [-0.2, -0.15) is 15.1 Å². The summed E-state index contributed by atoms with van der Waals surface area (Å²) in [6.45, 7) is 5.95. The van der Waals surface area contributed by atoms with Crippen molar-refractivity contribution < 1.29 is 14.3 Å². The smallest absolute Gasteiger partial charge is 0.283 e. The van der Waals surface area contributed by atoms with Gasteiger partial charge in [-0.1, -0.05) is 24.3 Å². The number of nitrogens with one attached hydrogen (secondary N) is 1. The number of benzene rings is 2. The first kappa shape index (κ1) is 23.6. The van der Waals surface area contributed by atoms with E-state index in [1.165, 1.54) is 16.8 Å². The SMILES string of the molecule is COc1ccc(OC)c(-n2c(C)cc(/C=C3/C(=N)N4N=C(c5ccccc5C)SC4=NC3=O)c2C)c1. The summed E-state index contributed by atoms with van der Waals surface area (Å²) in [5.41, 5.74) is 5.68. The zero-order valence-electron chi connectivity index (χ0n) is 20.6. The van der Waals surface area contributed by atoms with Gasteiger partial charge in [0.25, 0.3) is 5.91 Å². The Morgan fingerprint density at radius 1 is 1.03 bits per heavy atom. The normalized spacial score (nSPS) is 16.2. The highest BCUT2D eigenvalue weighted by molar-refractivity contribution is 8.27. The number of aromatic nitrogens is 1. The predicted octanol–water partition coefficient (Wildman–Crippen LogP) is 5.09. The van der Waals surface area contributed by atoms with Gasteiger partial charge in [0.2, 0.25) is 5.17 Å². The van der Waals surface area contributed by atoms with Gasteiger partial charge in [-0.05, 0) is 67.9 Å². The summed E-state index contributed by atoms with van der Waals surface area (Å²) in [5.74, 6) is 0.950. The average molecular weight is 500 g/mol. The van der Waals surface area contributed by atoms with Crippen LogP contribution in [0.2, 0.25) is 0 Å². The maximum absolute atomic E-state index is 13.0. The molecule has 0 saturated carbocycles. The molecule has 1 aromatic heterocycles. The van der Waals surface area contributed by atoms with Crippen molar-refractivity contribution in [1.82, 2.24) is 9.58 Å². The number of hydrogen-bond donors (Lipinski definition) is 1. The summed E-state index contributed by atoms with van der Waals surface area (Å²) in [6, 6.07) is 15.5. The molecular formula is C27H25N5O3S. The largest absolute Gasteiger partial charge is 0.497 e. The number of amidine groups is 2. The molecule has 0 saturated heterocycles. The Morgan fingerprint density at radius 3 is 2.53 bits per heavy atom. The molecule has 36 heavy (non-hydrogen) atoms. The highest BCUT2D eigenvalue weighted by Crippen LogP contribution is 2.34. The summed E-state index contributed by atoms with van der Waals surface area (Å²) in [5, 5.41) is 15.9. The lowest BCUT2D eigenvalue weighted by molar-refractivity contribution is -0.114. The zero-order chi connectivity index (χ0) is 25.6. The third-order valence-electron chi connectivity index (χ3n) is 6.23. The molecule has 3 heterocycles. The monoisotopic (exact) mass is 499 g/mol. The maximum atomic E-state index is 13.0. The number of amides is 1. The molecule has 1 amide bonds. The minimum atomic E-state index is -0.455. The fourth-order valence-corrected chi connectivity index (χ4v) is 5.33. The molecule has 3 aromatic rings. The van der Waals surface area contributed by atoms with E-state index in [2.05, 4.69) is 10.1 Å². The predicted molar refractivity (Wildman–Crippen MR) is 144 cm³/mol. The third-order valence-corrected chi connectivity index (χ3v) is 7.17. The van der Waals surface area contributed by atoms with Crippen LogP contribution >= 0.6 is 11.8 Å². The second-order valence-electron chi connectivity index (χ2n) is 8.44. The summed E-state index contributed by atoms with van der Waals surface area (Å²) >= 11 is 1.30. The van der Waals surface area contributed by atoms with E-state index in [0.717, 1.165) is 33.8 Å². The van der Waals surface area contributed by atoms with Gasteiger partial charge in [-0.3, -0.25) is 10.2 Å². The topological polar surface area (TPSA) is 92.3 Å². The molecule has 0 atom stereocenters. The Balaban J connectivity index is 1.54. The van der Waals surface area contributed by atoms with Crippen LogP contribution in [0.1, 0.15) is 28.1 Å². The minimum Gasteiger partial charge on any atom is -0.497 e. The molecule has 1 N–H and O–H groups in total.